The van der Waals surface area contributed by atoms with Gasteiger partial charge in [-0.15, -0.1) is 0 Å². The van der Waals surface area contributed by atoms with Crippen molar-refractivity contribution in [3.8, 4) is 5.75 Å². The van der Waals surface area contributed by atoms with E-state index in [0.29, 0.717) is 37.4 Å². The molecule has 228 valence electrons. The number of nitrogens with one attached hydrogen (secondary N) is 3. The molecule has 1 aromatic heterocycles. The molecule has 0 aliphatic carbocycles. The van der Waals surface area contributed by atoms with E-state index >= 15 is 0 Å². The lowest BCUT2D eigenvalue weighted by Gasteiger charge is -2.33. The first kappa shape index (κ1) is 31.6. The lowest BCUT2D eigenvalue weighted by Crippen LogP contribution is -2.48. The molecule has 0 atom stereocenters. The van der Waals surface area contributed by atoms with Crippen LogP contribution in [0.5, 0.6) is 5.75 Å². The molecule has 0 saturated carbocycles. The molecule has 4 amide bonds. The van der Waals surface area contributed by atoms with Crippen LogP contribution in [0.25, 0.3) is 0 Å². The maximum absolute atomic E-state index is 13.4. The van der Waals surface area contributed by atoms with E-state index in [-0.39, 0.29) is 33.0 Å². The SMILES string of the molecule is COc1ccccc1NC(=O)n1cc(NC(=O)c2c(Cl)cccc2Cl)c(C(=O)NC2CCN(C(=O)OC(C)(C)C)CC2)n1. The summed E-state index contributed by atoms with van der Waals surface area (Å²) in [5, 5.41) is 12.6. The quantitative estimate of drug-likeness (QED) is 0.319. The monoisotopic (exact) mass is 630 g/mol. The Kier molecular flexibility index (Phi) is 9.82. The number of ether oxygens (including phenoxy) is 2. The molecule has 1 aliphatic heterocycles. The number of benzene rings is 2. The number of aromatic nitrogens is 2. The fourth-order valence-corrected chi connectivity index (χ4v) is 4.91. The van der Waals surface area contributed by atoms with E-state index in [9.17, 15) is 19.2 Å². The third-order valence-corrected chi connectivity index (χ3v) is 7.04. The number of nitrogens with zero attached hydrogens (tertiary/aromatic N) is 3. The van der Waals surface area contributed by atoms with E-state index < -0.39 is 29.5 Å². The molecule has 1 aliphatic rings. The number of carbonyl (C=O) groups excluding carboxylic acids is 4. The standard InChI is InChI=1S/C29H32Cl2N6O6/c1-29(2,3)43-28(41)36-14-12-17(13-15-36)32-26(39)24-21(33-25(38)23-18(30)8-7-9-19(23)31)16-37(35-24)27(40)34-20-10-5-6-11-22(20)42-4/h5-11,16-17H,12-15H2,1-4H3,(H,32,39)(H,33,38)(H,34,40). The minimum atomic E-state index is -0.708. The van der Waals surface area contributed by atoms with Gasteiger partial charge in [-0.3, -0.25) is 9.59 Å². The van der Waals surface area contributed by atoms with E-state index in [1.54, 1.807) is 56.0 Å². The van der Waals surface area contributed by atoms with E-state index in [2.05, 4.69) is 21.0 Å². The highest BCUT2D eigenvalue weighted by molar-refractivity contribution is 6.40. The average molecular weight is 632 g/mol. The van der Waals surface area contributed by atoms with Crippen LogP contribution in [0.2, 0.25) is 10.0 Å². The van der Waals surface area contributed by atoms with Crippen LogP contribution in [0, 0.1) is 0 Å². The smallest absolute Gasteiger partial charge is 0.410 e. The Labute approximate surface area is 258 Å². The minimum Gasteiger partial charge on any atom is -0.495 e. The summed E-state index contributed by atoms with van der Waals surface area (Å²) in [5.74, 6) is -0.902. The second-order valence-corrected chi connectivity index (χ2v) is 11.5. The van der Waals surface area contributed by atoms with Crippen molar-refractivity contribution in [3.05, 3.63) is 70.0 Å². The predicted octanol–water partition coefficient (Wildman–Crippen LogP) is 5.66. The van der Waals surface area contributed by atoms with Gasteiger partial charge in [0.25, 0.3) is 11.8 Å². The highest BCUT2D eigenvalue weighted by atomic mass is 35.5. The van der Waals surface area contributed by atoms with Crippen molar-refractivity contribution in [2.45, 2.75) is 45.3 Å². The summed E-state index contributed by atoms with van der Waals surface area (Å²) < 4.78 is 11.6. The van der Waals surface area contributed by atoms with Gasteiger partial charge in [0.15, 0.2) is 5.69 Å². The summed E-state index contributed by atoms with van der Waals surface area (Å²) in [6, 6.07) is 10.4. The third kappa shape index (κ3) is 7.96. The van der Waals surface area contributed by atoms with Gasteiger partial charge >= 0.3 is 12.1 Å². The van der Waals surface area contributed by atoms with Gasteiger partial charge in [-0.1, -0.05) is 41.4 Å². The van der Waals surface area contributed by atoms with Crippen LogP contribution in [-0.2, 0) is 4.74 Å². The number of likely N-dealkylation sites (tertiary alicyclic amines) is 1. The Morgan fingerprint density at radius 2 is 1.56 bits per heavy atom. The van der Waals surface area contributed by atoms with Crippen molar-refractivity contribution in [1.82, 2.24) is 20.0 Å². The molecule has 0 spiro atoms. The van der Waals surface area contributed by atoms with Crippen molar-refractivity contribution < 1.29 is 28.7 Å². The van der Waals surface area contributed by atoms with Gasteiger partial charge in [-0.25, -0.2) is 9.59 Å². The van der Waals surface area contributed by atoms with E-state index in [1.165, 1.54) is 25.4 Å². The van der Waals surface area contributed by atoms with E-state index in [4.69, 9.17) is 32.7 Å². The van der Waals surface area contributed by atoms with Crippen LogP contribution in [-0.4, -0.2) is 70.5 Å². The van der Waals surface area contributed by atoms with Gasteiger partial charge in [0.2, 0.25) is 0 Å². The zero-order valence-corrected chi connectivity index (χ0v) is 25.6. The molecule has 2 heterocycles. The molecule has 4 rings (SSSR count). The topological polar surface area (TPSA) is 144 Å². The molecule has 0 radical (unpaired) electrons. The summed E-state index contributed by atoms with van der Waals surface area (Å²) >= 11 is 12.4. The summed E-state index contributed by atoms with van der Waals surface area (Å²) in [6.45, 7) is 6.14. The Morgan fingerprint density at radius 3 is 2.19 bits per heavy atom. The number of halogens is 2. The predicted molar refractivity (Wildman–Crippen MR) is 162 cm³/mol. The number of methoxy groups -OCH3 is 1. The van der Waals surface area contributed by atoms with Crippen molar-refractivity contribution in [2.24, 2.45) is 0 Å². The van der Waals surface area contributed by atoms with Crippen molar-refractivity contribution in [3.63, 3.8) is 0 Å². The number of piperidine rings is 1. The number of anilines is 2. The van der Waals surface area contributed by atoms with Crippen LogP contribution in [0.3, 0.4) is 0 Å². The highest BCUT2D eigenvalue weighted by Gasteiger charge is 2.30. The van der Waals surface area contributed by atoms with Crippen molar-refractivity contribution in [2.75, 3.05) is 30.8 Å². The second-order valence-electron chi connectivity index (χ2n) is 10.7. The van der Waals surface area contributed by atoms with Gasteiger partial charge in [0, 0.05) is 19.1 Å². The minimum absolute atomic E-state index is 0.00192. The first-order valence-corrected chi connectivity index (χ1v) is 14.2. The maximum Gasteiger partial charge on any atom is 0.410 e. The van der Waals surface area contributed by atoms with Crippen LogP contribution >= 0.6 is 23.2 Å². The van der Waals surface area contributed by atoms with Crippen molar-refractivity contribution in [1.29, 1.82) is 0 Å². The molecule has 0 bridgehead atoms. The first-order valence-electron chi connectivity index (χ1n) is 13.4. The number of para-hydroxylation sites is 2. The molecule has 1 saturated heterocycles. The Morgan fingerprint density at radius 1 is 0.907 bits per heavy atom. The summed E-state index contributed by atoms with van der Waals surface area (Å²) in [5.41, 5.74) is -0.491. The molecule has 1 fully saturated rings. The second kappa shape index (κ2) is 13.3. The van der Waals surface area contributed by atoms with E-state index in [0.717, 1.165) is 4.68 Å². The Balaban J connectivity index is 1.54. The van der Waals surface area contributed by atoms with Gasteiger partial charge in [0.1, 0.15) is 11.4 Å². The number of carbonyl (C=O) groups is 4. The highest BCUT2D eigenvalue weighted by Crippen LogP contribution is 2.27. The van der Waals surface area contributed by atoms with Gasteiger partial charge in [0.05, 0.1) is 40.3 Å². The molecule has 43 heavy (non-hydrogen) atoms. The summed E-state index contributed by atoms with van der Waals surface area (Å²) in [7, 11) is 1.47. The lowest BCUT2D eigenvalue weighted by molar-refractivity contribution is 0.0199. The molecule has 14 heteroatoms. The van der Waals surface area contributed by atoms with Crippen LogP contribution < -0.4 is 20.7 Å². The van der Waals surface area contributed by atoms with Crippen molar-refractivity contribution >= 4 is 58.5 Å². The van der Waals surface area contributed by atoms with Crippen LogP contribution in [0.4, 0.5) is 21.0 Å². The Hall–Kier alpha value is -4.29. The number of rotatable bonds is 6. The number of amides is 4. The number of hydrogen-bond donors (Lipinski definition) is 3. The summed E-state index contributed by atoms with van der Waals surface area (Å²) in [6.07, 6.45) is 1.74. The largest absolute Gasteiger partial charge is 0.495 e. The normalized spacial score (nSPS) is 13.7. The Bertz CT molecular complexity index is 1510. The molecule has 3 aromatic rings. The molecular weight excluding hydrogens is 599 g/mol. The van der Waals surface area contributed by atoms with Crippen LogP contribution in [0.15, 0.2) is 48.7 Å². The van der Waals surface area contributed by atoms with Gasteiger partial charge in [-0.2, -0.15) is 9.78 Å². The first-order chi connectivity index (χ1) is 20.4. The molecule has 2 aromatic carbocycles. The molecule has 12 nitrogen and oxygen atoms in total. The molecule has 0 unspecified atom stereocenters. The summed E-state index contributed by atoms with van der Waals surface area (Å²) in [4.78, 5) is 53.7. The number of hydrogen-bond acceptors (Lipinski definition) is 7. The van der Waals surface area contributed by atoms with Gasteiger partial charge < -0.3 is 30.3 Å². The van der Waals surface area contributed by atoms with Gasteiger partial charge in [-0.05, 0) is 57.9 Å². The van der Waals surface area contributed by atoms with Crippen LogP contribution in [0.1, 0.15) is 54.5 Å². The zero-order chi connectivity index (χ0) is 31.3. The molecular formula is C29H32Cl2N6O6. The van der Waals surface area contributed by atoms with E-state index in [1.807, 2.05) is 0 Å². The lowest BCUT2D eigenvalue weighted by atomic mass is 10.1. The third-order valence-electron chi connectivity index (χ3n) is 6.41. The fourth-order valence-electron chi connectivity index (χ4n) is 4.34. The maximum atomic E-state index is 13.4. The fraction of sp³-hybridized carbons (Fsp3) is 0.345. The average Bonchev–Trinajstić information content (AvgIpc) is 3.36. The molecule has 3 N–H and O–H groups in total. The zero-order valence-electron chi connectivity index (χ0n) is 24.1.